The Balaban J connectivity index is 1.67. The number of nitrogens with one attached hydrogen (secondary N) is 1. The van der Waals surface area contributed by atoms with Crippen LogP contribution in [0, 0.1) is 0 Å². The average molecular weight is 410 g/mol. The molecule has 1 saturated heterocycles. The largest absolute Gasteiger partial charge is 0.477 e. The monoisotopic (exact) mass is 410 g/mol. The summed E-state index contributed by atoms with van der Waals surface area (Å²) in [5.74, 6) is -1.40. The van der Waals surface area contributed by atoms with E-state index in [1.165, 1.54) is 18.7 Å². The molecule has 2 N–H and O–H groups in total. The highest BCUT2D eigenvalue weighted by Crippen LogP contribution is 2.40. The van der Waals surface area contributed by atoms with Gasteiger partial charge < -0.3 is 15.2 Å². The Bertz CT molecular complexity index is 788. The van der Waals surface area contributed by atoms with E-state index in [4.69, 9.17) is 4.74 Å². The molecule has 1 fully saturated rings. The molecule has 8 nitrogen and oxygen atoms in total. The third-order valence-corrected chi connectivity index (χ3v) is 6.48. The first kappa shape index (κ1) is 19.6. The SMILES string of the molecule is CC(=O)OCC1=C(C(=O)O)N2C(=O)C(NC(=O)CC3=CC=CCS3)C2SC1. The average Bonchev–Trinajstić information content (AvgIpc) is 2.64. The zero-order valence-corrected chi connectivity index (χ0v) is 16.1. The molecule has 3 heterocycles. The lowest BCUT2D eigenvalue weighted by Crippen LogP contribution is -2.70. The van der Waals surface area contributed by atoms with Crippen LogP contribution < -0.4 is 5.32 Å². The van der Waals surface area contributed by atoms with Crippen LogP contribution in [0.25, 0.3) is 0 Å². The summed E-state index contributed by atoms with van der Waals surface area (Å²) in [6.45, 7) is 1.06. The molecule has 0 aromatic heterocycles. The van der Waals surface area contributed by atoms with E-state index in [1.54, 1.807) is 11.8 Å². The zero-order valence-electron chi connectivity index (χ0n) is 14.5. The van der Waals surface area contributed by atoms with Crippen LogP contribution in [-0.4, -0.2) is 63.3 Å². The molecule has 3 aliphatic heterocycles. The van der Waals surface area contributed by atoms with Gasteiger partial charge in [-0.05, 0) is 4.91 Å². The zero-order chi connectivity index (χ0) is 19.6. The minimum atomic E-state index is -1.25. The maximum Gasteiger partial charge on any atom is 0.352 e. The van der Waals surface area contributed by atoms with Crippen molar-refractivity contribution in [2.75, 3.05) is 18.1 Å². The first-order valence-corrected chi connectivity index (χ1v) is 10.2. The van der Waals surface area contributed by atoms with Gasteiger partial charge in [0.05, 0.1) is 6.42 Å². The van der Waals surface area contributed by atoms with Gasteiger partial charge in [0, 0.05) is 24.0 Å². The molecule has 2 atom stereocenters. The van der Waals surface area contributed by atoms with Crippen molar-refractivity contribution in [1.29, 1.82) is 0 Å². The maximum atomic E-state index is 12.5. The van der Waals surface area contributed by atoms with Gasteiger partial charge in [0.2, 0.25) is 5.91 Å². The van der Waals surface area contributed by atoms with Gasteiger partial charge >= 0.3 is 11.9 Å². The number of amides is 2. The fourth-order valence-corrected chi connectivity index (χ4v) is 5.07. The predicted octanol–water partition coefficient (Wildman–Crippen LogP) is 0.865. The van der Waals surface area contributed by atoms with Crippen LogP contribution in [0.1, 0.15) is 13.3 Å². The number of carbonyl (C=O) groups is 4. The van der Waals surface area contributed by atoms with Gasteiger partial charge in [0.25, 0.3) is 5.91 Å². The number of hydrogen-bond donors (Lipinski definition) is 2. The number of ether oxygens (including phenoxy) is 1. The molecule has 10 heteroatoms. The molecule has 0 saturated carbocycles. The number of β-lactam (4-membered cyclic amide) rings is 1. The Hall–Kier alpha value is -2.20. The van der Waals surface area contributed by atoms with E-state index in [-0.39, 0.29) is 24.6 Å². The van der Waals surface area contributed by atoms with Crippen molar-refractivity contribution in [2.45, 2.75) is 24.8 Å². The molecule has 3 aliphatic rings. The lowest BCUT2D eigenvalue weighted by atomic mass is 10.0. The molecule has 27 heavy (non-hydrogen) atoms. The molecule has 0 radical (unpaired) electrons. The van der Waals surface area contributed by atoms with Crippen LogP contribution in [0.5, 0.6) is 0 Å². The van der Waals surface area contributed by atoms with Gasteiger partial charge in [0.15, 0.2) is 0 Å². The van der Waals surface area contributed by atoms with Crippen molar-refractivity contribution in [3.05, 3.63) is 34.4 Å². The molecular weight excluding hydrogens is 392 g/mol. The van der Waals surface area contributed by atoms with E-state index in [9.17, 15) is 24.3 Å². The maximum absolute atomic E-state index is 12.5. The normalized spacial score (nSPS) is 24.0. The smallest absolute Gasteiger partial charge is 0.352 e. The summed E-state index contributed by atoms with van der Waals surface area (Å²) in [5, 5.41) is 11.7. The number of aliphatic carboxylic acids is 1. The summed E-state index contributed by atoms with van der Waals surface area (Å²) < 4.78 is 4.89. The molecular formula is C17H18N2O6S2. The van der Waals surface area contributed by atoms with E-state index >= 15 is 0 Å². The number of thioether (sulfide) groups is 2. The molecule has 0 aromatic carbocycles. The predicted molar refractivity (Wildman–Crippen MR) is 101 cm³/mol. The number of carboxylic acid groups (broad SMARTS) is 1. The van der Waals surface area contributed by atoms with Crippen LogP contribution in [0.15, 0.2) is 34.4 Å². The van der Waals surface area contributed by atoms with E-state index in [0.29, 0.717) is 11.3 Å². The van der Waals surface area contributed by atoms with Crippen LogP contribution in [-0.2, 0) is 23.9 Å². The Morgan fingerprint density at radius 3 is 2.81 bits per heavy atom. The highest BCUT2D eigenvalue weighted by atomic mass is 32.2. The Morgan fingerprint density at radius 2 is 2.19 bits per heavy atom. The highest BCUT2D eigenvalue weighted by molar-refractivity contribution is 8.03. The summed E-state index contributed by atoms with van der Waals surface area (Å²) in [6.07, 6.45) is 5.94. The van der Waals surface area contributed by atoms with Crippen LogP contribution in [0.3, 0.4) is 0 Å². The second-order valence-electron chi connectivity index (χ2n) is 6.04. The van der Waals surface area contributed by atoms with Gasteiger partial charge in [-0.2, -0.15) is 0 Å². The number of hydrogen-bond acceptors (Lipinski definition) is 7. The molecule has 0 aliphatic carbocycles. The summed E-state index contributed by atoms with van der Waals surface area (Å²) in [5.41, 5.74) is 0.207. The van der Waals surface area contributed by atoms with Crippen molar-refractivity contribution in [2.24, 2.45) is 0 Å². The molecule has 2 amide bonds. The van der Waals surface area contributed by atoms with Crippen molar-refractivity contribution < 1.29 is 29.0 Å². The van der Waals surface area contributed by atoms with Crippen molar-refractivity contribution in [1.82, 2.24) is 10.2 Å². The molecule has 0 spiro atoms. The lowest BCUT2D eigenvalue weighted by molar-refractivity contribution is -0.151. The van der Waals surface area contributed by atoms with E-state index in [1.807, 2.05) is 18.2 Å². The molecule has 0 bridgehead atoms. The molecule has 144 valence electrons. The number of carbonyl (C=O) groups excluding carboxylic acids is 3. The van der Waals surface area contributed by atoms with E-state index in [0.717, 1.165) is 15.6 Å². The van der Waals surface area contributed by atoms with Crippen LogP contribution >= 0.6 is 23.5 Å². The number of rotatable bonds is 6. The Morgan fingerprint density at radius 1 is 1.41 bits per heavy atom. The van der Waals surface area contributed by atoms with Gasteiger partial charge in [-0.25, -0.2) is 4.79 Å². The summed E-state index contributed by atoms with van der Waals surface area (Å²) in [7, 11) is 0. The number of esters is 1. The standard InChI is InChI=1S/C17H18N2O6S2/c1-9(20)25-7-10-8-27-16-13(15(22)19(16)14(10)17(23)24)18-12(21)6-11-4-2-3-5-26-11/h2-4,13,16H,5-8H2,1H3,(H,18,21)(H,23,24). The number of allylic oxidation sites excluding steroid dienone is 2. The van der Waals surface area contributed by atoms with E-state index in [2.05, 4.69) is 5.32 Å². The fraction of sp³-hybridized carbons (Fsp3) is 0.412. The number of fused-ring (bicyclic) bond motifs is 1. The minimum Gasteiger partial charge on any atom is -0.477 e. The van der Waals surface area contributed by atoms with Gasteiger partial charge in [-0.15, -0.1) is 23.5 Å². The third kappa shape index (κ3) is 4.22. The first-order valence-electron chi connectivity index (χ1n) is 8.19. The van der Waals surface area contributed by atoms with Crippen LogP contribution in [0.2, 0.25) is 0 Å². The minimum absolute atomic E-state index is 0.161. The highest BCUT2D eigenvalue weighted by Gasteiger charge is 2.54. The molecule has 2 unspecified atom stereocenters. The van der Waals surface area contributed by atoms with Gasteiger partial charge in [-0.1, -0.05) is 18.2 Å². The Kier molecular flexibility index (Phi) is 5.95. The van der Waals surface area contributed by atoms with E-state index < -0.39 is 29.3 Å². The number of nitrogens with zero attached hydrogens (tertiary/aromatic N) is 1. The molecule has 3 rings (SSSR count). The fourth-order valence-electron chi connectivity index (χ4n) is 2.91. The summed E-state index contributed by atoms with van der Waals surface area (Å²) in [6, 6.07) is -0.753. The third-order valence-electron chi connectivity index (χ3n) is 4.13. The van der Waals surface area contributed by atoms with Gasteiger partial charge in [-0.3, -0.25) is 19.3 Å². The van der Waals surface area contributed by atoms with Crippen molar-refractivity contribution in [3.8, 4) is 0 Å². The summed E-state index contributed by atoms with van der Waals surface area (Å²) >= 11 is 2.91. The van der Waals surface area contributed by atoms with Gasteiger partial charge in [0.1, 0.15) is 23.7 Å². The number of carboxylic acids is 1. The second kappa shape index (κ2) is 8.22. The topological polar surface area (TPSA) is 113 Å². The second-order valence-corrected chi connectivity index (χ2v) is 8.29. The lowest BCUT2D eigenvalue weighted by Gasteiger charge is -2.49. The van der Waals surface area contributed by atoms with Crippen molar-refractivity contribution >= 4 is 47.3 Å². The Labute approximate surface area is 164 Å². The van der Waals surface area contributed by atoms with Crippen LogP contribution in [0.4, 0.5) is 0 Å². The quantitative estimate of drug-likeness (QED) is 0.490. The first-order chi connectivity index (χ1) is 12.9. The summed E-state index contributed by atoms with van der Waals surface area (Å²) in [4.78, 5) is 49.4. The van der Waals surface area contributed by atoms with Crippen molar-refractivity contribution in [3.63, 3.8) is 0 Å². The molecule has 0 aromatic rings.